The summed E-state index contributed by atoms with van der Waals surface area (Å²) in [5.74, 6) is 1.08. The topological polar surface area (TPSA) is 12.0 Å². The van der Waals surface area contributed by atoms with Crippen LogP contribution in [0.25, 0.3) is 10.8 Å². The minimum absolute atomic E-state index is 1.08. The van der Waals surface area contributed by atoms with Gasteiger partial charge in [0.1, 0.15) is 0 Å². The van der Waals surface area contributed by atoms with E-state index in [2.05, 4.69) is 41.1 Å². The lowest BCUT2D eigenvalue weighted by Gasteiger charge is -2.01. The normalized spacial score (nSPS) is 14.2. The van der Waals surface area contributed by atoms with Crippen molar-refractivity contribution in [1.82, 2.24) is 0 Å². The molecular weight excluding hydrogens is 178 g/mol. The van der Waals surface area contributed by atoms with E-state index in [1.165, 1.54) is 22.0 Å². The molecule has 1 heterocycles. The van der Waals surface area contributed by atoms with Crippen molar-refractivity contribution in [3.05, 3.63) is 42.0 Å². The van der Waals surface area contributed by atoms with Gasteiger partial charge in [-0.05, 0) is 40.4 Å². The third kappa shape index (κ3) is 1.10. The summed E-state index contributed by atoms with van der Waals surface area (Å²) < 4.78 is 3.31. The fourth-order valence-electron chi connectivity index (χ4n) is 1.69. The van der Waals surface area contributed by atoms with Crippen molar-refractivity contribution in [3.63, 3.8) is 0 Å². The van der Waals surface area contributed by atoms with Gasteiger partial charge in [0.25, 0.3) is 0 Å². The number of benzene rings is 2. The summed E-state index contributed by atoms with van der Waals surface area (Å²) in [6, 6.07) is 13.0. The fraction of sp³-hybridized carbons (Fsp3) is 0.0909. The van der Waals surface area contributed by atoms with Gasteiger partial charge < -0.3 is 4.72 Å². The van der Waals surface area contributed by atoms with Crippen molar-refractivity contribution >= 4 is 28.4 Å². The highest BCUT2D eigenvalue weighted by atomic mass is 32.2. The SMILES string of the molecule is c1ccc2cc3c(cc2c1)CSN3. The molecule has 2 heteroatoms. The Morgan fingerprint density at radius 2 is 1.85 bits per heavy atom. The Morgan fingerprint density at radius 1 is 1.08 bits per heavy atom. The monoisotopic (exact) mass is 187 g/mol. The van der Waals surface area contributed by atoms with E-state index in [9.17, 15) is 0 Å². The largest absolute Gasteiger partial charge is 0.329 e. The molecule has 0 aromatic heterocycles. The molecule has 1 aliphatic heterocycles. The number of anilines is 1. The van der Waals surface area contributed by atoms with Crippen molar-refractivity contribution in [2.24, 2.45) is 0 Å². The summed E-state index contributed by atoms with van der Waals surface area (Å²) in [7, 11) is 0. The molecule has 0 radical (unpaired) electrons. The van der Waals surface area contributed by atoms with Gasteiger partial charge in [-0.1, -0.05) is 24.3 Å². The second-order valence-corrected chi connectivity index (χ2v) is 4.03. The number of hydrogen-bond acceptors (Lipinski definition) is 2. The van der Waals surface area contributed by atoms with Gasteiger partial charge in [0.05, 0.1) is 0 Å². The average Bonchev–Trinajstić information content (AvgIpc) is 2.61. The molecule has 0 saturated heterocycles. The van der Waals surface area contributed by atoms with Gasteiger partial charge >= 0.3 is 0 Å². The van der Waals surface area contributed by atoms with Crippen LogP contribution in [0.1, 0.15) is 5.56 Å². The van der Waals surface area contributed by atoms with Gasteiger partial charge in [0, 0.05) is 11.4 Å². The van der Waals surface area contributed by atoms with E-state index in [0.29, 0.717) is 0 Å². The van der Waals surface area contributed by atoms with Gasteiger partial charge in [0.2, 0.25) is 0 Å². The Morgan fingerprint density at radius 3 is 2.69 bits per heavy atom. The van der Waals surface area contributed by atoms with Crippen LogP contribution in [0.2, 0.25) is 0 Å². The number of nitrogens with one attached hydrogen (secondary N) is 1. The first-order valence-electron chi connectivity index (χ1n) is 4.33. The van der Waals surface area contributed by atoms with Crippen molar-refractivity contribution < 1.29 is 0 Å². The molecule has 1 nitrogen and oxygen atoms in total. The second kappa shape index (κ2) is 2.67. The molecular formula is C11H9NS. The van der Waals surface area contributed by atoms with Crippen molar-refractivity contribution in [2.75, 3.05) is 4.72 Å². The second-order valence-electron chi connectivity index (χ2n) is 3.25. The predicted octanol–water partition coefficient (Wildman–Crippen LogP) is 3.41. The first-order chi connectivity index (χ1) is 6.43. The zero-order valence-electron chi connectivity index (χ0n) is 7.08. The standard InChI is InChI=1S/C11H9NS/c1-2-4-9-6-11-10(7-13-12-11)5-8(9)3-1/h1-6,12H,7H2. The zero-order valence-corrected chi connectivity index (χ0v) is 7.90. The molecule has 0 unspecified atom stereocenters. The zero-order chi connectivity index (χ0) is 8.67. The maximum absolute atomic E-state index is 3.31. The highest BCUT2D eigenvalue weighted by Gasteiger charge is 2.10. The van der Waals surface area contributed by atoms with E-state index < -0.39 is 0 Å². The molecule has 64 valence electrons. The van der Waals surface area contributed by atoms with Crippen molar-refractivity contribution in [2.45, 2.75) is 5.75 Å². The summed E-state index contributed by atoms with van der Waals surface area (Å²) in [6.07, 6.45) is 0. The Kier molecular flexibility index (Phi) is 1.49. The van der Waals surface area contributed by atoms with Crippen LogP contribution in [0.4, 0.5) is 5.69 Å². The smallest absolute Gasteiger partial charge is 0.0487 e. The van der Waals surface area contributed by atoms with E-state index in [4.69, 9.17) is 0 Å². The van der Waals surface area contributed by atoms with Gasteiger partial charge in [0.15, 0.2) is 0 Å². The summed E-state index contributed by atoms with van der Waals surface area (Å²) in [5, 5.41) is 2.65. The van der Waals surface area contributed by atoms with Crippen LogP contribution in [0, 0.1) is 0 Å². The van der Waals surface area contributed by atoms with Crippen molar-refractivity contribution in [1.29, 1.82) is 0 Å². The molecule has 0 atom stereocenters. The molecule has 3 rings (SSSR count). The van der Waals surface area contributed by atoms with Crippen molar-refractivity contribution in [3.8, 4) is 0 Å². The Bertz CT molecular complexity index is 422. The Balaban J connectivity index is 2.36. The summed E-state index contributed by atoms with van der Waals surface area (Å²) in [5.41, 5.74) is 2.70. The van der Waals surface area contributed by atoms with Gasteiger partial charge in [-0.2, -0.15) is 0 Å². The first-order valence-corrected chi connectivity index (χ1v) is 5.31. The number of fused-ring (bicyclic) bond motifs is 2. The highest BCUT2D eigenvalue weighted by molar-refractivity contribution is 8.00. The van der Waals surface area contributed by atoms with E-state index in [1.54, 1.807) is 11.9 Å². The first kappa shape index (κ1) is 7.27. The third-order valence-electron chi connectivity index (χ3n) is 2.38. The van der Waals surface area contributed by atoms with Gasteiger partial charge in [-0.25, -0.2) is 0 Å². The van der Waals surface area contributed by atoms with Crippen LogP contribution in [0.15, 0.2) is 36.4 Å². The lowest BCUT2D eigenvalue weighted by molar-refractivity contribution is 1.49. The van der Waals surface area contributed by atoms with Gasteiger partial charge in [-0.15, -0.1) is 0 Å². The van der Waals surface area contributed by atoms with Crippen LogP contribution in [0.5, 0.6) is 0 Å². The van der Waals surface area contributed by atoms with E-state index in [-0.39, 0.29) is 0 Å². The molecule has 0 bridgehead atoms. The predicted molar refractivity (Wildman–Crippen MR) is 58.9 cm³/mol. The fourth-order valence-corrected chi connectivity index (χ4v) is 2.51. The summed E-state index contributed by atoms with van der Waals surface area (Å²) in [6.45, 7) is 0. The average molecular weight is 187 g/mol. The lowest BCUT2D eigenvalue weighted by Crippen LogP contribution is -1.80. The van der Waals surface area contributed by atoms with Gasteiger partial charge in [-0.3, -0.25) is 0 Å². The third-order valence-corrected chi connectivity index (χ3v) is 3.20. The van der Waals surface area contributed by atoms with Crippen LogP contribution in [0.3, 0.4) is 0 Å². The minimum atomic E-state index is 1.08. The number of hydrogen-bond donors (Lipinski definition) is 1. The molecule has 2 aromatic rings. The molecule has 0 amide bonds. The quantitative estimate of drug-likeness (QED) is 0.634. The Labute approximate surface area is 81.3 Å². The van der Waals surface area contributed by atoms with Crippen LogP contribution >= 0.6 is 11.9 Å². The van der Waals surface area contributed by atoms with E-state index in [1.807, 2.05) is 0 Å². The maximum atomic E-state index is 3.31. The Hall–Kier alpha value is -1.15. The minimum Gasteiger partial charge on any atom is -0.329 e. The molecule has 2 aromatic carbocycles. The molecule has 1 aliphatic rings. The molecule has 1 N–H and O–H groups in total. The molecule has 0 aliphatic carbocycles. The number of rotatable bonds is 0. The van der Waals surface area contributed by atoms with E-state index >= 15 is 0 Å². The maximum Gasteiger partial charge on any atom is 0.0487 e. The molecule has 0 spiro atoms. The highest BCUT2D eigenvalue weighted by Crippen LogP contribution is 2.33. The molecule has 0 saturated carbocycles. The van der Waals surface area contributed by atoms with Crippen LogP contribution in [-0.2, 0) is 5.75 Å². The molecule has 13 heavy (non-hydrogen) atoms. The van der Waals surface area contributed by atoms with Crippen LogP contribution < -0.4 is 4.72 Å². The molecule has 0 fully saturated rings. The van der Waals surface area contributed by atoms with Crippen LogP contribution in [-0.4, -0.2) is 0 Å². The van der Waals surface area contributed by atoms with E-state index in [0.717, 1.165) is 5.75 Å². The summed E-state index contributed by atoms with van der Waals surface area (Å²) >= 11 is 1.76. The lowest BCUT2D eigenvalue weighted by atomic mass is 10.1. The summed E-state index contributed by atoms with van der Waals surface area (Å²) in [4.78, 5) is 0.